The van der Waals surface area contributed by atoms with Crippen LogP contribution in [-0.4, -0.2) is 39.9 Å². The number of hydrogen-bond acceptors (Lipinski definition) is 1. The van der Waals surface area contributed by atoms with E-state index >= 15 is 0 Å². The van der Waals surface area contributed by atoms with Gasteiger partial charge in [0, 0.05) is 0 Å². The maximum absolute atomic E-state index is 4.03. The zero-order valence-corrected chi connectivity index (χ0v) is 24.1. The van der Waals surface area contributed by atoms with Gasteiger partial charge in [0.25, 0.3) is 0 Å². The number of benzene rings is 1. The first-order chi connectivity index (χ1) is 12.4. The molecule has 28 heavy (non-hydrogen) atoms. The molecule has 0 spiro atoms. The van der Waals surface area contributed by atoms with E-state index in [9.17, 15) is 0 Å². The van der Waals surface area contributed by atoms with Crippen molar-refractivity contribution in [3.05, 3.63) is 28.8 Å². The molecule has 0 aliphatic rings. The summed E-state index contributed by atoms with van der Waals surface area (Å²) in [5.41, 5.74) is 4.93. The summed E-state index contributed by atoms with van der Waals surface area (Å²) in [6, 6.07) is 6.14. The molecular formula is C25H45GeNSi. The molecule has 0 N–H and O–H groups in total. The van der Waals surface area contributed by atoms with E-state index in [1.807, 2.05) is 0 Å². The Labute approximate surface area is 183 Å². The van der Waals surface area contributed by atoms with Crippen LogP contribution in [0, 0.1) is 4.28 Å². The van der Waals surface area contributed by atoms with Crippen LogP contribution in [0.5, 0.6) is 0 Å². The van der Waals surface area contributed by atoms with Gasteiger partial charge in [-0.15, -0.1) is 0 Å². The van der Waals surface area contributed by atoms with Crippen LogP contribution in [-0.2, 0) is 17.4 Å². The van der Waals surface area contributed by atoms with Gasteiger partial charge in [-0.3, -0.25) is 0 Å². The third-order valence-electron chi connectivity index (χ3n) is 5.14. The Morgan fingerprint density at radius 1 is 0.893 bits per heavy atom. The van der Waals surface area contributed by atoms with E-state index < -0.39 is 8.07 Å². The van der Waals surface area contributed by atoms with Gasteiger partial charge in [-0.25, -0.2) is 0 Å². The summed E-state index contributed by atoms with van der Waals surface area (Å²) in [5.74, 6) is 0. The molecule has 0 amide bonds. The van der Waals surface area contributed by atoms with Crippen LogP contribution in [0.3, 0.4) is 0 Å². The Kier molecular flexibility index (Phi) is 8.51. The normalized spacial score (nSPS) is 13.3. The molecule has 1 aromatic rings. The standard InChI is InChI=1S/C25H45GeNSi/c1-18(2)27(19(3)4)16-20-14-21(24(5,6)7)15-22(25(8,9)10)23(20)26-17-28(11,12)13/h14-15,18-19H,16H2,1-13H3. The first kappa shape index (κ1) is 25.8. The van der Waals surface area contributed by atoms with E-state index in [1.165, 1.54) is 5.56 Å². The van der Waals surface area contributed by atoms with Crippen molar-refractivity contribution in [3.8, 4) is 4.28 Å². The van der Waals surface area contributed by atoms with Gasteiger partial charge in [0.2, 0.25) is 0 Å². The Hall–Kier alpha value is -0.280. The molecule has 0 aromatic heterocycles. The van der Waals surface area contributed by atoms with Gasteiger partial charge in [-0.2, -0.15) is 0 Å². The molecule has 0 unspecified atom stereocenters. The molecule has 158 valence electrons. The van der Waals surface area contributed by atoms with Crippen molar-refractivity contribution >= 4 is 27.3 Å². The SMILES string of the molecule is CC(C)N(Cc1cc(C(C)(C)C)cc(C(C)(C)C)[c]1[Ge]#[C][Si](C)(C)C)C(C)C. The van der Waals surface area contributed by atoms with Crippen molar-refractivity contribution in [2.75, 3.05) is 0 Å². The van der Waals surface area contributed by atoms with E-state index in [0.717, 1.165) is 6.54 Å². The average molecular weight is 460 g/mol. The zero-order chi connectivity index (χ0) is 22.1. The fourth-order valence-corrected chi connectivity index (χ4v) is 8.93. The predicted molar refractivity (Wildman–Crippen MR) is 132 cm³/mol. The van der Waals surface area contributed by atoms with Gasteiger partial charge >= 0.3 is 184 Å². The van der Waals surface area contributed by atoms with Crippen molar-refractivity contribution in [3.63, 3.8) is 0 Å². The number of hydrogen-bond donors (Lipinski definition) is 0. The molecule has 3 heteroatoms. The van der Waals surface area contributed by atoms with E-state index in [2.05, 4.69) is 110 Å². The van der Waals surface area contributed by atoms with Gasteiger partial charge in [-0.1, -0.05) is 0 Å². The molecule has 0 atom stereocenters. The van der Waals surface area contributed by atoms with Gasteiger partial charge in [-0.05, 0) is 0 Å². The number of rotatable bonds is 4. The van der Waals surface area contributed by atoms with E-state index in [-0.39, 0.29) is 25.6 Å². The second-order valence-corrected chi connectivity index (χ2v) is 19.8. The Morgan fingerprint density at radius 2 is 1.39 bits per heavy atom. The van der Waals surface area contributed by atoms with E-state index in [1.54, 1.807) is 15.5 Å². The molecule has 0 saturated carbocycles. The van der Waals surface area contributed by atoms with Gasteiger partial charge < -0.3 is 0 Å². The van der Waals surface area contributed by atoms with E-state index in [4.69, 9.17) is 0 Å². The average Bonchev–Trinajstić information content (AvgIpc) is 2.46. The van der Waals surface area contributed by atoms with Crippen LogP contribution in [0.15, 0.2) is 12.1 Å². The molecule has 0 heterocycles. The monoisotopic (exact) mass is 461 g/mol. The third-order valence-corrected chi connectivity index (χ3v) is 13.3. The van der Waals surface area contributed by atoms with Crippen LogP contribution >= 0.6 is 0 Å². The molecule has 1 aromatic carbocycles. The van der Waals surface area contributed by atoms with Gasteiger partial charge in [0.1, 0.15) is 0 Å². The van der Waals surface area contributed by atoms with Crippen LogP contribution in [0.25, 0.3) is 0 Å². The molecule has 1 nitrogen and oxygen atoms in total. The molecule has 0 aliphatic heterocycles. The summed E-state index contributed by atoms with van der Waals surface area (Å²) in [6.45, 7) is 31.8. The van der Waals surface area contributed by atoms with Gasteiger partial charge in [0.05, 0.1) is 0 Å². The minimum absolute atomic E-state index is 0.163. The summed E-state index contributed by atoms with van der Waals surface area (Å²) in [4.78, 5) is 2.64. The third kappa shape index (κ3) is 7.52. The molecular weight excluding hydrogens is 415 g/mol. The Morgan fingerprint density at radius 3 is 1.75 bits per heavy atom. The first-order valence-corrected chi connectivity index (χ1v) is 16.5. The van der Waals surface area contributed by atoms with Crippen LogP contribution in [0.2, 0.25) is 19.6 Å². The molecule has 0 aliphatic carbocycles. The molecule has 0 fully saturated rings. The molecule has 0 bridgehead atoms. The molecule has 0 saturated heterocycles. The summed E-state index contributed by atoms with van der Waals surface area (Å²) < 4.78 is 5.67. The zero-order valence-electron chi connectivity index (χ0n) is 21.0. The van der Waals surface area contributed by atoms with Gasteiger partial charge in [0.15, 0.2) is 0 Å². The summed E-state index contributed by atoms with van der Waals surface area (Å²) in [6.07, 6.45) is 0. The second-order valence-electron chi connectivity index (χ2n) is 11.9. The molecule has 0 radical (unpaired) electrons. The summed E-state index contributed by atoms with van der Waals surface area (Å²) in [5, 5.41) is 0. The Bertz CT molecular complexity index is 723. The fraction of sp³-hybridized carbons (Fsp3) is 0.720. The first-order valence-electron chi connectivity index (χ1n) is 10.9. The van der Waals surface area contributed by atoms with Crippen LogP contribution < -0.4 is 4.40 Å². The van der Waals surface area contributed by atoms with Crippen molar-refractivity contribution in [2.45, 2.75) is 118 Å². The predicted octanol–water partition coefficient (Wildman–Crippen LogP) is 6.07. The van der Waals surface area contributed by atoms with Crippen molar-refractivity contribution < 1.29 is 0 Å². The number of nitrogens with zero attached hydrogens (tertiary/aromatic N) is 1. The fourth-order valence-electron chi connectivity index (χ4n) is 3.41. The molecule has 1 rings (SSSR count). The van der Waals surface area contributed by atoms with Crippen LogP contribution in [0.1, 0.15) is 85.9 Å². The van der Waals surface area contributed by atoms with Crippen molar-refractivity contribution in [2.24, 2.45) is 0 Å². The maximum atomic E-state index is 4.03. The Balaban J connectivity index is 3.82. The van der Waals surface area contributed by atoms with E-state index in [0.29, 0.717) is 12.1 Å². The minimum atomic E-state index is -1.29. The van der Waals surface area contributed by atoms with Crippen molar-refractivity contribution in [1.29, 1.82) is 0 Å². The summed E-state index contributed by atoms with van der Waals surface area (Å²) in [7, 11) is -1.29. The second kappa shape index (κ2) is 9.25. The van der Waals surface area contributed by atoms with Crippen LogP contribution in [0.4, 0.5) is 0 Å². The summed E-state index contributed by atoms with van der Waals surface area (Å²) >= 11 is -0.370. The van der Waals surface area contributed by atoms with Crippen molar-refractivity contribution in [1.82, 2.24) is 4.90 Å². The topological polar surface area (TPSA) is 3.24 Å². The quantitative estimate of drug-likeness (QED) is 0.494.